The lowest BCUT2D eigenvalue weighted by atomic mass is 10.1. The summed E-state index contributed by atoms with van der Waals surface area (Å²) in [5.74, 6) is 2.23. The fourth-order valence-electron chi connectivity index (χ4n) is 3.67. The number of carbonyl (C=O) groups excluding carboxylic acids is 1. The normalized spacial score (nSPS) is 17.4. The van der Waals surface area contributed by atoms with Crippen LogP contribution in [0.5, 0.6) is 17.2 Å². The number of fused-ring (bicyclic) bond motifs is 2. The lowest BCUT2D eigenvalue weighted by molar-refractivity contribution is -0.0584. The molecule has 28 heavy (non-hydrogen) atoms. The first-order chi connectivity index (χ1) is 13.8. The van der Waals surface area contributed by atoms with Gasteiger partial charge in [-0.15, -0.1) is 0 Å². The maximum absolute atomic E-state index is 13.3. The van der Waals surface area contributed by atoms with Gasteiger partial charge in [0.2, 0.25) is 6.79 Å². The number of carbonyl (C=O) groups is 1. The minimum atomic E-state index is -0.407. The Morgan fingerprint density at radius 2 is 1.75 bits per heavy atom. The number of amides is 1. The number of nitrogens with zero attached hydrogens (tertiary/aromatic N) is 1. The highest BCUT2D eigenvalue weighted by Crippen LogP contribution is 2.33. The predicted octanol–water partition coefficient (Wildman–Crippen LogP) is 2.37. The topological polar surface area (TPSA) is 66.5 Å². The summed E-state index contributed by atoms with van der Waals surface area (Å²) >= 11 is 0. The third kappa shape index (κ3) is 3.39. The van der Waals surface area contributed by atoms with E-state index in [4.69, 9.17) is 23.7 Å². The summed E-state index contributed by atoms with van der Waals surface area (Å²) in [6.07, 6.45) is 0.420. The van der Waals surface area contributed by atoms with Gasteiger partial charge in [-0.1, -0.05) is 6.07 Å². The van der Waals surface area contributed by atoms with Crippen molar-refractivity contribution in [2.45, 2.75) is 19.3 Å². The van der Waals surface area contributed by atoms with Crippen molar-refractivity contribution < 1.29 is 28.5 Å². The van der Waals surface area contributed by atoms with E-state index >= 15 is 0 Å². The second-order valence-electron chi connectivity index (χ2n) is 6.97. The smallest absolute Gasteiger partial charge is 0.254 e. The van der Waals surface area contributed by atoms with Gasteiger partial charge in [0.15, 0.2) is 17.8 Å². The predicted molar refractivity (Wildman–Crippen MR) is 98.6 cm³/mol. The van der Waals surface area contributed by atoms with Crippen LogP contribution in [0.3, 0.4) is 0 Å². The molecule has 0 aromatic heterocycles. The Labute approximate surface area is 162 Å². The Balaban J connectivity index is 1.39. The van der Waals surface area contributed by atoms with Crippen molar-refractivity contribution in [1.29, 1.82) is 0 Å². The summed E-state index contributed by atoms with van der Waals surface area (Å²) < 4.78 is 27.5. The van der Waals surface area contributed by atoms with E-state index in [0.29, 0.717) is 44.2 Å². The molecule has 0 N–H and O–H groups in total. The molecule has 0 radical (unpaired) electrons. The zero-order chi connectivity index (χ0) is 18.9. The quantitative estimate of drug-likeness (QED) is 0.790. The van der Waals surface area contributed by atoms with Gasteiger partial charge < -0.3 is 28.6 Å². The van der Waals surface area contributed by atoms with E-state index in [0.717, 1.165) is 29.0 Å². The van der Waals surface area contributed by atoms with Gasteiger partial charge in [-0.25, -0.2) is 0 Å². The highest BCUT2D eigenvalue weighted by Gasteiger charge is 2.26. The molecule has 3 aliphatic heterocycles. The summed E-state index contributed by atoms with van der Waals surface area (Å²) in [6.45, 7) is 2.77. The molecule has 3 aliphatic rings. The van der Waals surface area contributed by atoms with Gasteiger partial charge >= 0.3 is 0 Å². The van der Waals surface area contributed by atoms with Crippen LogP contribution in [0.25, 0.3) is 0 Å². The highest BCUT2D eigenvalue weighted by atomic mass is 16.7. The molecule has 7 heteroatoms. The molecule has 7 nitrogen and oxygen atoms in total. The van der Waals surface area contributed by atoms with Gasteiger partial charge in [0.05, 0.1) is 26.4 Å². The Morgan fingerprint density at radius 3 is 2.64 bits per heavy atom. The molecule has 0 bridgehead atoms. The third-order valence-electron chi connectivity index (χ3n) is 5.09. The van der Waals surface area contributed by atoms with E-state index in [1.54, 1.807) is 4.90 Å². The minimum Gasteiger partial charge on any atom is -0.493 e. The van der Waals surface area contributed by atoms with Gasteiger partial charge in [-0.2, -0.15) is 0 Å². The number of ether oxygens (including phenoxy) is 5. The Hall–Kier alpha value is -2.77. The number of hydrogen-bond donors (Lipinski definition) is 0. The van der Waals surface area contributed by atoms with Gasteiger partial charge in [0.25, 0.3) is 5.91 Å². The minimum absolute atomic E-state index is 0.0635. The SMILES string of the molecule is O=C(c1ccc2c(c1)CCO2)N(Cc1ccc2c(c1)OCO2)CC1OCCO1. The van der Waals surface area contributed by atoms with Gasteiger partial charge in [-0.05, 0) is 41.5 Å². The van der Waals surface area contributed by atoms with Crippen LogP contribution in [0.4, 0.5) is 0 Å². The summed E-state index contributed by atoms with van der Waals surface area (Å²) in [4.78, 5) is 15.0. The molecule has 5 rings (SSSR count). The maximum Gasteiger partial charge on any atom is 0.254 e. The molecule has 0 atom stereocenters. The average Bonchev–Trinajstić information content (AvgIpc) is 3.47. The molecule has 0 saturated carbocycles. The monoisotopic (exact) mass is 383 g/mol. The number of rotatable bonds is 5. The molecule has 0 spiro atoms. The van der Waals surface area contributed by atoms with E-state index in [2.05, 4.69) is 0 Å². The molecular formula is C21H21NO6. The van der Waals surface area contributed by atoms with Gasteiger partial charge in [0, 0.05) is 18.5 Å². The Morgan fingerprint density at radius 1 is 0.929 bits per heavy atom. The average molecular weight is 383 g/mol. The van der Waals surface area contributed by atoms with Crippen molar-refractivity contribution in [2.75, 3.05) is 33.2 Å². The van der Waals surface area contributed by atoms with E-state index in [1.807, 2.05) is 36.4 Å². The molecule has 2 aromatic rings. The lowest BCUT2D eigenvalue weighted by Gasteiger charge is -2.25. The molecule has 1 fully saturated rings. The molecular weight excluding hydrogens is 362 g/mol. The summed E-state index contributed by atoms with van der Waals surface area (Å²) in [6, 6.07) is 11.3. The number of benzene rings is 2. The van der Waals surface area contributed by atoms with Crippen LogP contribution in [0, 0.1) is 0 Å². The van der Waals surface area contributed by atoms with Crippen LogP contribution in [0.2, 0.25) is 0 Å². The Kier molecular flexibility index (Phi) is 4.54. The molecule has 0 aliphatic carbocycles. The second kappa shape index (κ2) is 7.33. The first kappa shape index (κ1) is 17.3. The molecule has 0 unspecified atom stereocenters. The van der Waals surface area contributed by atoms with Crippen LogP contribution in [0.15, 0.2) is 36.4 Å². The van der Waals surface area contributed by atoms with E-state index in [1.165, 1.54) is 0 Å². The van der Waals surface area contributed by atoms with Crippen LogP contribution >= 0.6 is 0 Å². The molecule has 1 amide bonds. The van der Waals surface area contributed by atoms with Crippen molar-refractivity contribution in [3.8, 4) is 17.2 Å². The second-order valence-corrected chi connectivity index (χ2v) is 6.97. The van der Waals surface area contributed by atoms with Crippen LogP contribution in [-0.4, -0.2) is 50.3 Å². The standard InChI is InChI=1S/C21H21NO6/c23-21(16-2-4-17-15(10-16)5-6-24-17)22(12-20-25-7-8-26-20)11-14-1-3-18-19(9-14)28-13-27-18/h1-4,9-10,20H,5-8,11-13H2. The highest BCUT2D eigenvalue weighted by molar-refractivity contribution is 5.94. The zero-order valence-corrected chi connectivity index (χ0v) is 15.4. The zero-order valence-electron chi connectivity index (χ0n) is 15.4. The van der Waals surface area contributed by atoms with E-state index in [9.17, 15) is 4.79 Å². The van der Waals surface area contributed by atoms with Gasteiger partial charge in [-0.3, -0.25) is 4.79 Å². The first-order valence-electron chi connectivity index (χ1n) is 9.43. The van der Waals surface area contributed by atoms with Crippen molar-refractivity contribution in [3.63, 3.8) is 0 Å². The largest absolute Gasteiger partial charge is 0.493 e. The fourth-order valence-corrected chi connectivity index (χ4v) is 3.67. The van der Waals surface area contributed by atoms with Crippen LogP contribution in [0.1, 0.15) is 21.5 Å². The molecule has 2 aromatic carbocycles. The van der Waals surface area contributed by atoms with E-state index in [-0.39, 0.29) is 12.7 Å². The summed E-state index contributed by atoms with van der Waals surface area (Å²) in [5, 5.41) is 0. The van der Waals surface area contributed by atoms with Crippen molar-refractivity contribution >= 4 is 5.91 Å². The van der Waals surface area contributed by atoms with Crippen LogP contribution < -0.4 is 14.2 Å². The van der Waals surface area contributed by atoms with E-state index < -0.39 is 6.29 Å². The first-order valence-corrected chi connectivity index (χ1v) is 9.43. The summed E-state index contributed by atoms with van der Waals surface area (Å²) in [7, 11) is 0. The van der Waals surface area contributed by atoms with Gasteiger partial charge in [0.1, 0.15) is 5.75 Å². The Bertz CT molecular complexity index is 892. The van der Waals surface area contributed by atoms with Crippen molar-refractivity contribution in [1.82, 2.24) is 4.90 Å². The van der Waals surface area contributed by atoms with Crippen LogP contribution in [-0.2, 0) is 22.4 Å². The fraction of sp³-hybridized carbons (Fsp3) is 0.381. The maximum atomic E-state index is 13.3. The molecule has 1 saturated heterocycles. The summed E-state index contributed by atoms with van der Waals surface area (Å²) in [5.41, 5.74) is 2.67. The molecule has 146 valence electrons. The molecule has 3 heterocycles. The number of hydrogen-bond acceptors (Lipinski definition) is 6. The third-order valence-corrected chi connectivity index (χ3v) is 5.09. The lowest BCUT2D eigenvalue weighted by Crippen LogP contribution is -2.37. The van der Waals surface area contributed by atoms with Crippen molar-refractivity contribution in [2.24, 2.45) is 0 Å². The van der Waals surface area contributed by atoms with Crippen molar-refractivity contribution in [3.05, 3.63) is 53.1 Å².